The Morgan fingerprint density at radius 3 is 2.68 bits per heavy atom. The van der Waals surface area contributed by atoms with Crippen LogP contribution in [-0.2, 0) is 23.9 Å². The molecule has 0 radical (unpaired) electrons. The Hall–Kier alpha value is -2.23. The highest BCUT2D eigenvalue weighted by atomic mass is 79.9. The Labute approximate surface area is 233 Å². The third-order valence-electron chi connectivity index (χ3n) is 8.60. The van der Waals surface area contributed by atoms with Crippen molar-refractivity contribution in [2.75, 3.05) is 24.7 Å². The molecule has 2 amide bonds. The number of amides is 2. The molecule has 8 nitrogen and oxygen atoms in total. The Kier molecular flexibility index (Phi) is 8.40. The van der Waals surface area contributed by atoms with Crippen molar-refractivity contribution in [1.29, 1.82) is 0 Å². The summed E-state index contributed by atoms with van der Waals surface area (Å²) in [6.45, 7) is 13.6. The number of carbonyl (C=O) groups is 3. The molecule has 2 bridgehead atoms. The standard InChI is InChI=1S/C29H39BrN2O6/c1-7-12-31(20-13-16(4)10-11-18(20)6)27(35)25-29-14-19(30)24(38-29)22(28(36)37-9-3)23(29)26(34)32(25)21(15-33)17(5)8-2/h7,10-11,13,17,19,21-25,33H,1,8-9,12,14-15H2,2-6H3/t17-,19?,21-,22+,23-,24+,25+,29-/m0/s1. The van der Waals surface area contributed by atoms with E-state index in [0.29, 0.717) is 12.8 Å². The maximum Gasteiger partial charge on any atom is 0.312 e. The monoisotopic (exact) mass is 590 g/mol. The second kappa shape index (κ2) is 11.1. The van der Waals surface area contributed by atoms with Gasteiger partial charge in [-0.3, -0.25) is 14.4 Å². The van der Waals surface area contributed by atoms with E-state index in [1.54, 1.807) is 17.9 Å². The molecule has 1 aromatic carbocycles. The smallest absolute Gasteiger partial charge is 0.312 e. The van der Waals surface area contributed by atoms with E-state index in [2.05, 4.69) is 22.5 Å². The predicted molar refractivity (Wildman–Crippen MR) is 148 cm³/mol. The average molecular weight is 592 g/mol. The van der Waals surface area contributed by atoms with Gasteiger partial charge < -0.3 is 24.4 Å². The third-order valence-corrected chi connectivity index (χ3v) is 9.44. The Bertz CT molecular complexity index is 1110. The molecule has 0 aliphatic carbocycles. The minimum absolute atomic E-state index is 0.0824. The number of benzene rings is 1. The minimum Gasteiger partial charge on any atom is -0.466 e. The van der Waals surface area contributed by atoms with Gasteiger partial charge in [-0.15, -0.1) is 6.58 Å². The van der Waals surface area contributed by atoms with Crippen molar-refractivity contribution >= 4 is 39.4 Å². The summed E-state index contributed by atoms with van der Waals surface area (Å²) in [6.07, 6.45) is 2.18. The van der Waals surface area contributed by atoms with E-state index < -0.39 is 41.6 Å². The van der Waals surface area contributed by atoms with Gasteiger partial charge in [-0.1, -0.05) is 54.4 Å². The van der Waals surface area contributed by atoms with Gasteiger partial charge in [0.2, 0.25) is 5.91 Å². The predicted octanol–water partition coefficient (Wildman–Crippen LogP) is 3.54. The van der Waals surface area contributed by atoms with Gasteiger partial charge in [-0.05, 0) is 50.3 Å². The van der Waals surface area contributed by atoms with Gasteiger partial charge in [0.05, 0.1) is 37.2 Å². The van der Waals surface area contributed by atoms with Crippen LogP contribution in [0, 0.1) is 31.6 Å². The molecule has 3 aliphatic heterocycles. The summed E-state index contributed by atoms with van der Waals surface area (Å²) in [5.41, 5.74) is 1.42. The zero-order chi connectivity index (χ0) is 27.9. The Morgan fingerprint density at radius 2 is 2.08 bits per heavy atom. The van der Waals surface area contributed by atoms with Crippen molar-refractivity contribution in [3.05, 3.63) is 42.0 Å². The number of carbonyl (C=O) groups excluding carboxylic acids is 3. The number of alkyl halides is 1. The zero-order valence-corrected chi connectivity index (χ0v) is 24.4. The number of aliphatic hydroxyl groups excluding tert-OH is 1. The lowest BCUT2D eigenvalue weighted by atomic mass is 9.70. The van der Waals surface area contributed by atoms with Crippen LogP contribution in [0.1, 0.15) is 44.7 Å². The lowest BCUT2D eigenvalue weighted by molar-refractivity contribution is -0.155. The fraction of sp³-hybridized carbons (Fsp3) is 0.621. The number of esters is 1. The lowest BCUT2D eigenvalue weighted by Crippen LogP contribution is -2.60. The molecule has 208 valence electrons. The molecule has 0 aromatic heterocycles. The van der Waals surface area contributed by atoms with Gasteiger partial charge >= 0.3 is 5.97 Å². The average Bonchev–Trinajstić information content (AvgIpc) is 3.48. The van der Waals surface area contributed by atoms with Crippen molar-refractivity contribution in [1.82, 2.24) is 4.90 Å². The van der Waals surface area contributed by atoms with Gasteiger partial charge in [-0.25, -0.2) is 0 Å². The van der Waals surface area contributed by atoms with Gasteiger partial charge in [-0.2, -0.15) is 0 Å². The molecule has 9 heteroatoms. The van der Waals surface area contributed by atoms with Crippen molar-refractivity contribution in [3.8, 4) is 0 Å². The number of aryl methyl sites for hydroxylation is 2. The number of aliphatic hydroxyl groups is 1. The molecular formula is C29H39BrN2O6. The Balaban J connectivity index is 1.89. The third kappa shape index (κ3) is 4.40. The number of anilines is 1. The molecule has 3 heterocycles. The van der Waals surface area contributed by atoms with E-state index in [4.69, 9.17) is 9.47 Å². The van der Waals surface area contributed by atoms with Crippen LogP contribution in [0.15, 0.2) is 30.9 Å². The van der Waals surface area contributed by atoms with Crippen molar-refractivity contribution < 1.29 is 29.0 Å². The van der Waals surface area contributed by atoms with Gasteiger partial charge in [0.25, 0.3) is 5.91 Å². The molecule has 3 fully saturated rings. The summed E-state index contributed by atoms with van der Waals surface area (Å²) >= 11 is 3.68. The summed E-state index contributed by atoms with van der Waals surface area (Å²) in [5, 5.41) is 10.5. The SMILES string of the molecule is C=CCN(C(=O)[C@H]1N([C@@H](CO)[C@@H](C)CC)C(=O)[C@@H]2[C@@H](C(=O)OCC)[C@@H]3O[C@@]21CC3Br)c1cc(C)ccc1C. The van der Waals surface area contributed by atoms with Crippen molar-refractivity contribution in [2.45, 2.75) is 76.1 Å². The second-order valence-corrected chi connectivity index (χ2v) is 12.0. The largest absolute Gasteiger partial charge is 0.466 e. The number of nitrogens with zero attached hydrogens (tertiary/aromatic N) is 2. The number of halogens is 1. The first-order chi connectivity index (χ1) is 18.1. The maximum absolute atomic E-state index is 14.7. The molecule has 0 saturated carbocycles. The fourth-order valence-corrected chi connectivity index (χ4v) is 7.56. The van der Waals surface area contributed by atoms with Crippen LogP contribution in [0.4, 0.5) is 5.69 Å². The number of hydrogen-bond donors (Lipinski definition) is 1. The highest BCUT2D eigenvalue weighted by molar-refractivity contribution is 9.09. The summed E-state index contributed by atoms with van der Waals surface area (Å²) in [7, 11) is 0. The minimum atomic E-state index is -1.22. The Morgan fingerprint density at radius 1 is 1.37 bits per heavy atom. The van der Waals surface area contributed by atoms with Crippen LogP contribution in [0.3, 0.4) is 0 Å². The van der Waals surface area contributed by atoms with E-state index in [0.717, 1.165) is 16.8 Å². The molecule has 3 aliphatic rings. The van der Waals surface area contributed by atoms with E-state index in [9.17, 15) is 19.5 Å². The topological polar surface area (TPSA) is 96.4 Å². The molecule has 1 aromatic rings. The first-order valence-corrected chi connectivity index (χ1v) is 14.4. The fourth-order valence-electron chi connectivity index (χ4n) is 6.62. The van der Waals surface area contributed by atoms with Gasteiger partial charge in [0.1, 0.15) is 11.6 Å². The second-order valence-electron chi connectivity index (χ2n) is 10.8. The van der Waals surface area contributed by atoms with E-state index in [-0.39, 0.29) is 42.3 Å². The van der Waals surface area contributed by atoms with E-state index >= 15 is 0 Å². The van der Waals surface area contributed by atoms with E-state index in [1.807, 2.05) is 45.9 Å². The normalized spacial score (nSPS) is 31.2. The van der Waals surface area contributed by atoms with Crippen LogP contribution in [0.5, 0.6) is 0 Å². The summed E-state index contributed by atoms with van der Waals surface area (Å²) in [4.78, 5) is 45.1. The number of rotatable bonds is 10. The highest BCUT2D eigenvalue weighted by Crippen LogP contribution is 2.61. The lowest BCUT2D eigenvalue weighted by Gasteiger charge is -2.41. The molecular weight excluding hydrogens is 552 g/mol. The quantitative estimate of drug-likeness (QED) is 0.254. The number of fused-ring (bicyclic) bond motifs is 1. The molecule has 1 unspecified atom stereocenters. The first-order valence-electron chi connectivity index (χ1n) is 13.5. The van der Waals surface area contributed by atoms with Crippen LogP contribution in [-0.4, -0.2) is 76.2 Å². The number of likely N-dealkylation sites (tertiary alicyclic amines) is 1. The maximum atomic E-state index is 14.7. The van der Waals surface area contributed by atoms with Crippen molar-refractivity contribution in [2.24, 2.45) is 17.8 Å². The molecule has 1 N–H and O–H groups in total. The van der Waals surface area contributed by atoms with Crippen LogP contribution >= 0.6 is 15.9 Å². The van der Waals surface area contributed by atoms with Crippen LogP contribution in [0.2, 0.25) is 0 Å². The van der Waals surface area contributed by atoms with Crippen LogP contribution in [0.25, 0.3) is 0 Å². The van der Waals surface area contributed by atoms with Gasteiger partial charge in [0.15, 0.2) is 0 Å². The number of ether oxygens (including phenoxy) is 2. The molecule has 4 rings (SSSR count). The summed E-state index contributed by atoms with van der Waals surface area (Å²) in [5.74, 6) is -2.90. The number of hydrogen-bond acceptors (Lipinski definition) is 6. The van der Waals surface area contributed by atoms with Crippen molar-refractivity contribution in [3.63, 3.8) is 0 Å². The summed E-state index contributed by atoms with van der Waals surface area (Å²) in [6, 6.07) is 4.28. The zero-order valence-electron chi connectivity index (χ0n) is 22.9. The van der Waals surface area contributed by atoms with Crippen LogP contribution < -0.4 is 4.90 Å². The highest BCUT2D eigenvalue weighted by Gasteiger charge is 2.77. The molecule has 8 atom stereocenters. The first kappa shape index (κ1) is 28.8. The molecule has 38 heavy (non-hydrogen) atoms. The molecule has 1 spiro atoms. The van der Waals surface area contributed by atoms with E-state index in [1.165, 1.54) is 4.90 Å². The van der Waals surface area contributed by atoms with Gasteiger partial charge in [0, 0.05) is 17.1 Å². The molecule has 3 saturated heterocycles. The summed E-state index contributed by atoms with van der Waals surface area (Å²) < 4.78 is 12.0.